The lowest BCUT2D eigenvalue weighted by molar-refractivity contribution is -0.119. The second-order valence-corrected chi connectivity index (χ2v) is 6.62. The van der Waals surface area contributed by atoms with E-state index in [-0.39, 0.29) is 23.4 Å². The maximum absolute atomic E-state index is 13.5. The van der Waals surface area contributed by atoms with Gasteiger partial charge in [0.25, 0.3) is 0 Å². The third-order valence-electron chi connectivity index (χ3n) is 3.31. The summed E-state index contributed by atoms with van der Waals surface area (Å²) in [6.07, 6.45) is 0. The van der Waals surface area contributed by atoms with E-state index in [1.165, 1.54) is 18.2 Å². The zero-order valence-electron chi connectivity index (χ0n) is 12.6. The zero-order chi connectivity index (χ0) is 16.8. The monoisotopic (exact) mass is 337 g/mol. The molecule has 3 nitrogen and oxygen atoms in total. The highest BCUT2D eigenvalue weighted by Crippen LogP contribution is 2.13. The van der Waals surface area contributed by atoms with Crippen molar-refractivity contribution in [1.29, 1.82) is 0 Å². The lowest BCUT2D eigenvalue weighted by Gasteiger charge is -2.14. The Hall–Kier alpha value is -2.08. The molecule has 0 aromatic heterocycles. The van der Waals surface area contributed by atoms with E-state index in [0.717, 1.165) is 5.56 Å². The minimum atomic E-state index is -1.50. The molecule has 2 aromatic rings. The molecule has 0 spiro atoms. The van der Waals surface area contributed by atoms with E-state index in [1.54, 1.807) is 37.3 Å². The standard InChI is InChI=1S/C17H17F2NO2S/c1-12(13-6-8-15(18)9-7-13)20-17(21)11-23(22)10-14-4-2-3-5-16(14)19/h2-9,12H,10-11H2,1H3,(H,20,21). The molecule has 23 heavy (non-hydrogen) atoms. The van der Waals surface area contributed by atoms with Gasteiger partial charge in [-0.15, -0.1) is 0 Å². The summed E-state index contributed by atoms with van der Waals surface area (Å²) in [6.45, 7) is 1.75. The minimum absolute atomic E-state index is 0.00891. The first-order valence-corrected chi connectivity index (χ1v) is 8.57. The largest absolute Gasteiger partial charge is 0.349 e. The third-order valence-corrected chi connectivity index (χ3v) is 4.53. The van der Waals surface area contributed by atoms with Crippen molar-refractivity contribution in [2.75, 3.05) is 5.75 Å². The molecule has 122 valence electrons. The van der Waals surface area contributed by atoms with Gasteiger partial charge < -0.3 is 5.32 Å². The van der Waals surface area contributed by atoms with Gasteiger partial charge in [-0.1, -0.05) is 30.3 Å². The maximum Gasteiger partial charge on any atom is 0.233 e. The fraction of sp³-hybridized carbons (Fsp3) is 0.235. The van der Waals surface area contributed by atoms with Gasteiger partial charge in [0.2, 0.25) is 5.91 Å². The molecule has 1 N–H and O–H groups in total. The van der Waals surface area contributed by atoms with Gasteiger partial charge >= 0.3 is 0 Å². The molecule has 0 heterocycles. The fourth-order valence-corrected chi connectivity index (χ4v) is 3.16. The number of hydrogen-bond donors (Lipinski definition) is 1. The summed E-state index contributed by atoms with van der Waals surface area (Å²) < 4.78 is 38.3. The molecule has 2 atom stereocenters. The van der Waals surface area contributed by atoms with Crippen LogP contribution in [0.25, 0.3) is 0 Å². The van der Waals surface area contributed by atoms with Crippen LogP contribution in [-0.2, 0) is 21.3 Å². The number of carbonyl (C=O) groups excluding carboxylic acids is 1. The SMILES string of the molecule is CC(NC(=O)CS(=O)Cc1ccccc1F)c1ccc(F)cc1. The van der Waals surface area contributed by atoms with E-state index >= 15 is 0 Å². The molecule has 0 saturated carbocycles. The molecule has 6 heteroatoms. The van der Waals surface area contributed by atoms with Crippen LogP contribution in [0.5, 0.6) is 0 Å². The van der Waals surface area contributed by atoms with Crippen molar-refractivity contribution < 1.29 is 17.8 Å². The molecule has 0 radical (unpaired) electrons. The number of benzene rings is 2. The van der Waals surface area contributed by atoms with Crippen molar-refractivity contribution in [1.82, 2.24) is 5.32 Å². The van der Waals surface area contributed by atoms with Crippen LogP contribution < -0.4 is 5.32 Å². The van der Waals surface area contributed by atoms with E-state index in [2.05, 4.69) is 5.32 Å². The van der Waals surface area contributed by atoms with Gasteiger partial charge in [0, 0.05) is 16.4 Å². The normalized spacial score (nSPS) is 13.3. The molecule has 1 amide bonds. The van der Waals surface area contributed by atoms with Crippen molar-refractivity contribution in [3.8, 4) is 0 Å². The molecular weight excluding hydrogens is 320 g/mol. The quantitative estimate of drug-likeness (QED) is 0.880. The Morgan fingerprint density at radius 2 is 1.78 bits per heavy atom. The van der Waals surface area contributed by atoms with Crippen LogP contribution >= 0.6 is 0 Å². The van der Waals surface area contributed by atoms with Crippen LogP contribution in [0.4, 0.5) is 8.78 Å². The molecule has 0 aliphatic carbocycles. The highest BCUT2D eigenvalue weighted by Gasteiger charge is 2.14. The Morgan fingerprint density at radius 3 is 2.43 bits per heavy atom. The number of amides is 1. The fourth-order valence-electron chi connectivity index (χ4n) is 2.10. The molecule has 0 aliphatic rings. The Labute approximate surface area is 136 Å². The Morgan fingerprint density at radius 1 is 1.13 bits per heavy atom. The number of rotatable bonds is 6. The van der Waals surface area contributed by atoms with Crippen LogP contribution in [0.2, 0.25) is 0 Å². The van der Waals surface area contributed by atoms with E-state index in [4.69, 9.17) is 0 Å². The van der Waals surface area contributed by atoms with Gasteiger partial charge in [-0.3, -0.25) is 9.00 Å². The summed E-state index contributed by atoms with van der Waals surface area (Å²) in [5.41, 5.74) is 1.07. The van der Waals surface area contributed by atoms with Gasteiger partial charge in [-0.25, -0.2) is 8.78 Å². The minimum Gasteiger partial charge on any atom is -0.349 e. The highest BCUT2D eigenvalue weighted by molar-refractivity contribution is 7.84. The average Bonchev–Trinajstić information content (AvgIpc) is 2.50. The predicted octanol–water partition coefficient (Wildman–Crippen LogP) is 3.09. The molecular formula is C17H17F2NO2S. The first kappa shape index (κ1) is 17.3. The van der Waals surface area contributed by atoms with E-state index in [9.17, 15) is 17.8 Å². The van der Waals surface area contributed by atoms with Gasteiger partial charge in [0.15, 0.2) is 0 Å². The van der Waals surface area contributed by atoms with Crippen LogP contribution in [0.3, 0.4) is 0 Å². The van der Waals surface area contributed by atoms with Crippen molar-refractivity contribution in [3.63, 3.8) is 0 Å². The first-order valence-electron chi connectivity index (χ1n) is 7.09. The average molecular weight is 337 g/mol. The molecule has 0 aliphatic heterocycles. The topological polar surface area (TPSA) is 46.2 Å². The second-order valence-electron chi connectivity index (χ2n) is 5.16. The summed E-state index contributed by atoms with van der Waals surface area (Å²) in [7, 11) is -1.50. The number of carbonyl (C=O) groups is 1. The Kier molecular flexibility index (Phi) is 5.98. The Balaban J connectivity index is 1.87. The molecule has 0 bridgehead atoms. The lowest BCUT2D eigenvalue weighted by atomic mass is 10.1. The highest BCUT2D eigenvalue weighted by atomic mass is 32.2. The van der Waals surface area contributed by atoms with Crippen molar-refractivity contribution in [3.05, 3.63) is 71.3 Å². The number of halogens is 2. The molecule has 0 fully saturated rings. The van der Waals surface area contributed by atoms with Crippen molar-refractivity contribution in [2.45, 2.75) is 18.7 Å². The number of nitrogens with one attached hydrogen (secondary N) is 1. The van der Waals surface area contributed by atoms with Crippen LogP contribution in [0.1, 0.15) is 24.1 Å². The van der Waals surface area contributed by atoms with Crippen LogP contribution in [0, 0.1) is 11.6 Å². The summed E-state index contributed by atoms with van der Waals surface area (Å²) in [4.78, 5) is 11.9. The summed E-state index contributed by atoms with van der Waals surface area (Å²) in [5, 5.41) is 2.70. The maximum atomic E-state index is 13.5. The summed E-state index contributed by atoms with van der Waals surface area (Å²) >= 11 is 0. The Bertz CT molecular complexity index is 704. The zero-order valence-corrected chi connectivity index (χ0v) is 13.4. The van der Waals surface area contributed by atoms with Gasteiger partial charge in [0.05, 0.1) is 11.8 Å². The van der Waals surface area contributed by atoms with E-state index < -0.39 is 22.5 Å². The molecule has 0 saturated heterocycles. The number of hydrogen-bond acceptors (Lipinski definition) is 2. The van der Waals surface area contributed by atoms with Crippen molar-refractivity contribution in [2.24, 2.45) is 0 Å². The van der Waals surface area contributed by atoms with E-state index in [1.807, 2.05) is 0 Å². The molecule has 2 unspecified atom stereocenters. The van der Waals surface area contributed by atoms with Crippen molar-refractivity contribution >= 4 is 16.7 Å². The smallest absolute Gasteiger partial charge is 0.233 e. The third kappa shape index (κ3) is 5.25. The first-order chi connectivity index (χ1) is 11.0. The van der Waals surface area contributed by atoms with Gasteiger partial charge in [-0.2, -0.15) is 0 Å². The van der Waals surface area contributed by atoms with Gasteiger partial charge in [-0.05, 0) is 30.7 Å². The summed E-state index contributed by atoms with van der Waals surface area (Å²) in [6, 6.07) is 11.5. The summed E-state index contributed by atoms with van der Waals surface area (Å²) in [5.74, 6) is -1.39. The van der Waals surface area contributed by atoms with E-state index in [0.29, 0.717) is 5.56 Å². The van der Waals surface area contributed by atoms with Gasteiger partial charge in [0.1, 0.15) is 17.4 Å². The predicted molar refractivity (Wildman–Crippen MR) is 86.1 cm³/mol. The molecule has 2 aromatic carbocycles. The molecule has 2 rings (SSSR count). The lowest BCUT2D eigenvalue weighted by Crippen LogP contribution is -2.31. The second kappa shape index (κ2) is 7.97. The van der Waals surface area contributed by atoms with Crippen LogP contribution in [-0.4, -0.2) is 15.9 Å². The van der Waals surface area contributed by atoms with Crippen LogP contribution in [0.15, 0.2) is 48.5 Å².